The maximum atomic E-state index is 12.9. The zero-order valence-electron chi connectivity index (χ0n) is 35.7. The molecule has 7 atom stereocenters. The highest BCUT2D eigenvalue weighted by atomic mass is 16.7. The second-order valence-corrected chi connectivity index (χ2v) is 16.6. The molecular weight excluding hydrogens is 695 g/mol. The topological polar surface area (TPSA) is 149 Å². The van der Waals surface area contributed by atoms with Gasteiger partial charge in [-0.1, -0.05) is 206 Å². The molecule has 9 nitrogen and oxygen atoms in total. The van der Waals surface area contributed by atoms with Crippen LogP contribution in [0.3, 0.4) is 0 Å². The number of carbonyl (C=O) groups is 1. The average Bonchev–Trinajstić information content (AvgIpc) is 3.18. The van der Waals surface area contributed by atoms with Crippen LogP contribution >= 0.6 is 0 Å². The van der Waals surface area contributed by atoms with Crippen molar-refractivity contribution >= 4 is 5.91 Å². The molecule has 1 aliphatic rings. The number of aliphatic hydroxyl groups excluding tert-OH is 5. The van der Waals surface area contributed by atoms with E-state index >= 15 is 0 Å². The second kappa shape index (κ2) is 37.2. The minimum atomic E-state index is -1.56. The largest absolute Gasteiger partial charge is 0.394 e. The van der Waals surface area contributed by atoms with Crippen LogP contribution in [-0.4, -0.2) is 87.5 Å². The van der Waals surface area contributed by atoms with E-state index in [0.29, 0.717) is 6.42 Å². The highest BCUT2D eigenvalue weighted by Crippen LogP contribution is 2.23. The van der Waals surface area contributed by atoms with Gasteiger partial charge in [-0.2, -0.15) is 0 Å². The molecule has 9 heteroatoms. The van der Waals surface area contributed by atoms with E-state index in [1.165, 1.54) is 161 Å². The lowest BCUT2D eigenvalue weighted by atomic mass is 9.99. The van der Waals surface area contributed by atoms with Gasteiger partial charge in [-0.25, -0.2) is 0 Å². The lowest BCUT2D eigenvalue weighted by Crippen LogP contribution is -2.60. The maximum Gasteiger partial charge on any atom is 0.220 e. The van der Waals surface area contributed by atoms with Crippen molar-refractivity contribution in [1.29, 1.82) is 0 Å². The molecule has 0 bridgehead atoms. The smallest absolute Gasteiger partial charge is 0.220 e. The molecule has 1 saturated heterocycles. The Labute approximate surface area is 337 Å². The molecule has 6 N–H and O–H groups in total. The highest BCUT2D eigenvalue weighted by molar-refractivity contribution is 5.76. The summed E-state index contributed by atoms with van der Waals surface area (Å²) < 4.78 is 11.1. The molecule has 55 heavy (non-hydrogen) atoms. The summed E-state index contributed by atoms with van der Waals surface area (Å²) in [6.45, 7) is 3.72. The summed E-state index contributed by atoms with van der Waals surface area (Å²) in [4.78, 5) is 12.9. The first-order valence-electron chi connectivity index (χ1n) is 23.4. The molecule has 0 aliphatic carbocycles. The van der Waals surface area contributed by atoms with E-state index in [-0.39, 0.29) is 12.5 Å². The molecule has 1 amide bonds. The van der Waals surface area contributed by atoms with Crippen molar-refractivity contribution in [2.24, 2.45) is 0 Å². The van der Waals surface area contributed by atoms with Gasteiger partial charge in [0.15, 0.2) is 6.29 Å². The maximum absolute atomic E-state index is 12.9. The summed E-state index contributed by atoms with van der Waals surface area (Å²) in [6, 6.07) is -0.796. The van der Waals surface area contributed by atoms with Crippen LogP contribution in [-0.2, 0) is 14.3 Å². The Balaban J connectivity index is 2.14. The van der Waals surface area contributed by atoms with Crippen molar-refractivity contribution in [3.05, 3.63) is 12.2 Å². The van der Waals surface area contributed by atoms with E-state index < -0.39 is 49.5 Å². The third kappa shape index (κ3) is 28.1. The minimum Gasteiger partial charge on any atom is -0.394 e. The van der Waals surface area contributed by atoms with Crippen LogP contribution in [0.1, 0.15) is 219 Å². The summed E-state index contributed by atoms with van der Waals surface area (Å²) in [5, 5.41) is 53.9. The fourth-order valence-electron chi connectivity index (χ4n) is 7.57. The molecule has 1 aliphatic heterocycles. The zero-order chi connectivity index (χ0) is 40.2. The number of unbranched alkanes of at least 4 members (excludes halogenated alkanes) is 29. The third-order valence-corrected chi connectivity index (χ3v) is 11.4. The monoisotopic (exact) mass is 784 g/mol. The Kier molecular flexibility index (Phi) is 35.2. The molecule has 0 spiro atoms. The minimum absolute atomic E-state index is 0.177. The molecule has 0 radical (unpaired) electrons. The van der Waals surface area contributed by atoms with Crippen LogP contribution in [0.5, 0.6) is 0 Å². The van der Waals surface area contributed by atoms with Crippen molar-refractivity contribution in [1.82, 2.24) is 5.32 Å². The van der Waals surface area contributed by atoms with Crippen molar-refractivity contribution < 1.29 is 39.8 Å². The van der Waals surface area contributed by atoms with E-state index in [4.69, 9.17) is 9.47 Å². The van der Waals surface area contributed by atoms with Gasteiger partial charge >= 0.3 is 0 Å². The number of aliphatic hydroxyl groups is 5. The summed E-state index contributed by atoms with van der Waals surface area (Å²) in [6.07, 6.45) is 35.9. The number of nitrogens with one attached hydrogen (secondary N) is 1. The Morgan fingerprint density at radius 2 is 1.00 bits per heavy atom. The van der Waals surface area contributed by atoms with Crippen molar-refractivity contribution in [3.8, 4) is 0 Å². The van der Waals surface area contributed by atoms with Crippen LogP contribution in [0.2, 0.25) is 0 Å². The second-order valence-electron chi connectivity index (χ2n) is 16.6. The van der Waals surface area contributed by atoms with E-state index in [2.05, 4.69) is 19.2 Å². The van der Waals surface area contributed by atoms with Gasteiger partial charge in [0.2, 0.25) is 5.91 Å². The van der Waals surface area contributed by atoms with Crippen molar-refractivity contribution in [2.75, 3.05) is 13.2 Å². The number of ether oxygens (including phenoxy) is 2. The fraction of sp³-hybridized carbons (Fsp3) is 0.935. The number of hydrogen-bond acceptors (Lipinski definition) is 8. The molecular formula is C46H89NO8. The lowest BCUT2D eigenvalue weighted by Gasteiger charge is -2.40. The summed E-state index contributed by atoms with van der Waals surface area (Å²) in [7, 11) is 0. The Hall–Kier alpha value is -1.07. The number of rotatable bonds is 39. The molecule has 1 heterocycles. The molecule has 1 rings (SSSR count). The summed E-state index contributed by atoms with van der Waals surface area (Å²) >= 11 is 0. The van der Waals surface area contributed by atoms with Crippen LogP contribution in [0.4, 0.5) is 0 Å². The van der Waals surface area contributed by atoms with E-state index in [1.807, 2.05) is 6.08 Å². The van der Waals surface area contributed by atoms with Crippen molar-refractivity contribution in [3.63, 3.8) is 0 Å². The number of allylic oxidation sites excluding steroid dienone is 1. The van der Waals surface area contributed by atoms with Gasteiger partial charge in [0.25, 0.3) is 0 Å². The predicted octanol–water partition coefficient (Wildman–Crippen LogP) is 9.73. The van der Waals surface area contributed by atoms with Gasteiger partial charge in [0.05, 0.1) is 25.4 Å². The SMILES string of the molecule is CCCCCCC/C=C/C(O)C(COC1OC(CO)C(O)C(O)C1O)NC(=O)CCCCCCCCCCCCCCCCCCCCCCCCCCC. The van der Waals surface area contributed by atoms with Crippen LogP contribution in [0, 0.1) is 0 Å². The van der Waals surface area contributed by atoms with E-state index in [1.54, 1.807) is 6.08 Å². The third-order valence-electron chi connectivity index (χ3n) is 11.4. The average molecular weight is 784 g/mol. The zero-order valence-corrected chi connectivity index (χ0v) is 35.7. The first-order valence-corrected chi connectivity index (χ1v) is 23.4. The van der Waals surface area contributed by atoms with Gasteiger partial charge in [0, 0.05) is 6.42 Å². The van der Waals surface area contributed by atoms with E-state index in [9.17, 15) is 30.3 Å². The van der Waals surface area contributed by atoms with E-state index in [0.717, 1.165) is 38.5 Å². The van der Waals surface area contributed by atoms with Gasteiger partial charge in [-0.15, -0.1) is 0 Å². The predicted molar refractivity (Wildman–Crippen MR) is 226 cm³/mol. The van der Waals surface area contributed by atoms with Crippen LogP contribution < -0.4 is 5.32 Å². The highest BCUT2D eigenvalue weighted by Gasteiger charge is 2.44. The summed E-state index contributed by atoms with van der Waals surface area (Å²) in [5.74, 6) is -0.177. The molecule has 0 aromatic rings. The molecule has 0 aromatic carbocycles. The number of amides is 1. The van der Waals surface area contributed by atoms with Gasteiger partial charge in [0.1, 0.15) is 24.4 Å². The lowest BCUT2D eigenvalue weighted by molar-refractivity contribution is -0.302. The molecule has 1 fully saturated rings. The Morgan fingerprint density at radius 1 is 0.600 bits per heavy atom. The first kappa shape index (κ1) is 51.9. The van der Waals surface area contributed by atoms with Gasteiger partial charge in [-0.05, 0) is 19.3 Å². The first-order chi connectivity index (χ1) is 26.8. The molecule has 0 saturated carbocycles. The number of hydrogen-bond donors (Lipinski definition) is 6. The van der Waals surface area contributed by atoms with Gasteiger partial charge in [-0.3, -0.25) is 4.79 Å². The summed E-state index contributed by atoms with van der Waals surface area (Å²) in [5.41, 5.74) is 0. The van der Waals surface area contributed by atoms with Gasteiger partial charge < -0.3 is 40.3 Å². The Morgan fingerprint density at radius 3 is 1.42 bits per heavy atom. The normalized spacial score (nSPS) is 21.3. The van der Waals surface area contributed by atoms with Crippen LogP contribution in [0.25, 0.3) is 0 Å². The fourth-order valence-corrected chi connectivity index (χ4v) is 7.57. The van der Waals surface area contributed by atoms with Crippen molar-refractivity contribution in [2.45, 2.75) is 262 Å². The molecule has 7 unspecified atom stereocenters. The molecule has 326 valence electrons. The quantitative estimate of drug-likeness (QED) is 0.0267. The standard InChI is InChI=1S/C46H89NO8/c1-3-5-7-9-11-12-13-14-15-16-17-18-19-20-21-22-23-24-25-26-27-28-30-32-34-36-42(50)47-39(40(49)35-33-31-29-10-8-6-4-2)38-54-46-45(53)44(52)43(51)41(37-48)55-46/h33,35,39-41,43-46,48-49,51-53H,3-32,34,36-38H2,1-2H3,(H,47,50)/b35-33+. The number of carbonyl (C=O) groups excluding carboxylic acids is 1. The van der Waals surface area contributed by atoms with Crippen LogP contribution in [0.15, 0.2) is 12.2 Å². The molecule has 0 aromatic heterocycles. The Bertz CT molecular complexity index is 873.